The van der Waals surface area contributed by atoms with Gasteiger partial charge in [-0.25, -0.2) is 5.84 Å². The number of hydrogen-bond donors (Lipinski definition) is 4. The number of anilines is 2. The first-order valence-electron chi connectivity index (χ1n) is 19.4. The Hall–Kier alpha value is -2.44. The van der Waals surface area contributed by atoms with E-state index in [9.17, 15) is 14.4 Å². The molecule has 2 aromatic heterocycles. The van der Waals surface area contributed by atoms with Crippen LogP contribution in [0.4, 0.5) is 11.4 Å². The van der Waals surface area contributed by atoms with Crippen LogP contribution >= 0.6 is 108 Å². The third-order valence-electron chi connectivity index (χ3n) is 10.1. The summed E-state index contributed by atoms with van der Waals surface area (Å²) in [6, 6.07) is 25.8. The van der Waals surface area contributed by atoms with Crippen molar-refractivity contribution >= 4 is 158 Å². The van der Waals surface area contributed by atoms with Crippen LogP contribution in [0, 0.1) is 0 Å². The lowest BCUT2D eigenvalue weighted by Crippen LogP contribution is -2.35. The molecule has 0 unspecified atom stereocenters. The van der Waals surface area contributed by atoms with Crippen LogP contribution in [0.3, 0.4) is 0 Å². The first-order valence-corrected chi connectivity index (χ1v) is 27.1. The Morgan fingerprint density at radius 3 is 1.48 bits per heavy atom. The Morgan fingerprint density at radius 1 is 0.688 bits per heavy atom. The average Bonchev–Trinajstić information content (AvgIpc) is 3.68. The van der Waals surface area contributed by atoms with Crippen LogP contribution in [0.15, 0.2) is 84.9 Å². The van der Waals surface area contributed by atoms with Crippen molar-refractivity contribution in [2.75, 3.05) is 44.2 Å². The van der Waals surface area contributed by atoms with Gasteiger partial charge >= 0.3 is 5.97 Å². The highest BCUT2D eigenvalue weighted by Gasteiger charge is 2.24. The second-order valence-electron chi connectivity index (χ2n) is 14.9. The standard InChI is InChI=1S/C15H17ClN2O.C14H15ClN2O2.C9H11ClN2O.C6H7ClN2.CH4.I2.HI/c1-10(19)8-18-14-4-3-11(16)7-12(14)13-9-17(2)6-5-15(13)18;1-16-5-4-13-11(7-16)10-6-9(15)2-3-12(10)17(13)8-14(18)19;1-7(13)6-12(11)9-4-2-8(10)3-5-9;7-5-1-3-6(9-8)4-2-5;;1-2;/h3-4,7H,5-6,8-9H2,1-2H3;2-3,6H,4-5,7-8H2,1H3,(H,18,19);2-5H,6,11H2,1H3;1-4,9H,8H2;1H4;;1H. The summed E-state index contributed by atoms with van der Waals surface area (Å²) >= 11 is 27.7. The van der Waals surface area contributed by atoms with Gasteiger partial charge < -0.3 is 34.5 Å². The van der Waals surface area contributed by atoms with E-state index < -0.39 is 5.97 Å². The molecule has 0 atom stereocenters. The van der Waals surface area contributed by atoms with Gasteiger partial charge in [0.2, 0.25) is 0 Å². The Morgan fingerprint density at radius 2 is 1.09 bits per heavy atom. The molecule has 8 rings (SSSR count). The van der Waals surface area contributed by atoms with E-state index in [2.05, 4.69) is 71.1 Å². The third-order valence-corrected chi connectivity index (χ3v) is 11.0. The van der Waals surface area contributed by atoms with Crippen LogP contribution in [-0.2, 0) is 53.4 Å². The molecule has 0 spiro atoms. The van der Waals surface area contributed by atoms with Crippen LogP contribution < -0.4 is 22.1 Å². The van der Waals surface area contributed by atoms with Crippen LogP contribution in [0.25, 0.3) is 21.8 Å². The molecule has 4 heterocycles. The zero-order chi connectivity index (χ0) is 45.7. The number of carbonyl (C=O) groups is 3. The highest BCUT2D eigenvalue weighted by molar-refractivity contribution is 15.0. The van der Waals surface area contributed by atoms with Crippen molar-refractivity contribution in [1.82, 2.24) is 18.9 Å². The Labute approximate surface area is 436 Å². The van der Waals surface area contributed by atoms with Gasteiger partial charge in [0, 0.05) is 135 Å². The van der Waals surface area contributed by atoms with Gasteiger partial charge in [-0.2, -0.15) is 0 Å². The quantitative estimate of drug-likeness (QED) is 0.0658. The van der Waals surface area contributed by atoms with E-state index in [1.807, 2.05) is 53.1 Å². The fourth-order valence-corrected chi connectivity index (χ4v) is 7.94. The summed E-state index contributed by atoms with van der Waals surface area (Å²) in [5, 5.41) is 15.6. The molecule has 4 aromatic carbocycles. The molecular weight excluding hydrogens is 1240 g/mol. The van der Waals surface area contributed by atoms with Gasteiger partial charge in [-0.1, -0.05) is 53.8 Å². The van der Waals surface area contributed by atoms with E-state index in [4.69, 9.17) is 63.2 Å². The number of benzene rings is 4. The second-order valence-corrected chi connectivity index (χ2v) is 16.6. The van der Waals surface area contributed by atoms with Gasteiger partial charge in [0.1, 0.15) is 12.3 Å². The van der Waals surface area contributed by atoms with Gasteiger partial charge in [0.25, 0.3) is 0 Å². The number of hydrogen-bond acceptors (Lipinski definition) is 9. The number of hydrazine groups is 2. The minimum Gasteiger partial charge on any atom is -0.480 e. The molecule has 348 valence electrons. The molecule has 2 aliphatic heterocycles. The number of nitrogens with two attached hydrogens (primary N) is 2. The normalized spacial score (nSPS) is 12.7. The third kappa shape index (κ3) is 16.4. The fraction of sp³-hybridized carbons (Fsp3) is 0.311. The van der Waals surface area contributed by atoms with Crippen molar-refractivity contribution in [3.63, 3.8) is 0 Å². The molecule has 0 amide bonds. The van der Waals surface area contributed by atoms with Crippen molar-refractivity contribution in [2.24, 2.45) is 11.7 Å². The molecular formula is C45H55Cl4I3N8O4. The largest absolute Gasteiger partial charge is 0.480 e. The van der Waals surface area contributed by atoms with Gasteiger partial charge in [0.05, 0.1) is 18.8 Å². The molecule has 12 nitrogen and oxygen atoms in total. The Kier molecular flexibility index (Phi) is 25.3. The number of rotatable bonds is 8. The van der Waals surface area contributed by atoms with Gasteiger partial charge in [-0.15, -0.1) is 24.0 Å². The minimum atomic E-state index is -0.812. The summed E-state index contributed by atoms with van der Waals surface area (Å²) in [5.74, 6) is 10.1. The number of fused-ring (bicyclic) bond motifs is 6. The molecule has 0 fully saturated rings. The smallest absolute Gasteiger partial charge is 0.323 e. The molecule has 6 N–H and O–H groups in total. The van der Waals surface area contributed by atoms with E-state index in [1.165, 1.54) is 34.1 Å². The van der Waals surface area contributed by atoms with Gasteiger partial charge in [0.15, 0.2) is 5.78 Å². The lowest BCUT2D eigenvalue weighted by atomic mass is 10.1. The first kappa shape index (κ1) is 57.7. The molecule has 0 radical (unpaired) electrons. The summed E-state index contributed by atoms with van der Waals surface area (Å²) in [4.78, 5) is 37.9. The van der Waals surface area contributed by atoms with E-state index in [-0.39, 0.29) is 56.1 Å². The van der Waals surface area contributed by atoms with E-state index in [1.54, 1.807) is 43.3 Å². The topological polar surface area (TPSA) is 155 Å². The summed E-state index contributed by atoms with van der Waals surface area (Å²) in [6.07, 6.45) is 1.87. The average molecular weight is 1290 g/mol. The summed E-state index contributed by atoms with van der Waals surface area (Å²) in [6.45, 7) is 7.58. The van der Waals surface area contributed by atoms with Crippen LogP contribution in [0.2, 0.25) is 20.1 Å². The van der Waals surface area contributed by atoms with Crippen LogP contribution in [0.5, 0.6) is 0 Å². The number of aliphatic carboxylic acids is 1. The number of carboxylic acids is 1. The SMILES string of the molecule is C.CC(=O)CN(N)c1ccc(Cl)cc1.CC(=O)Cn1c2c(c3cc(Cl)ccc31)CN(C)CC2.CN1CCc2c(c3cc(Cl)ccc3n2CC(=O)O)C1.I.II.NNc1ccc(Cl)cc1. The highest BCUT2D eigenvalue weighted by atomic mass is 128. The molecule has 2 aliphatic rings. The number of carbonyl (C=O) groups excluding carboxylic acids is 2. The molecule has 0 saturated carbocycles. The van der Waals surface area contributed by atoms with E-state index >= 15 is 0 Å². The zero-order valence-corrected chi connectivity index (χ0v) is 44.9. The maximum atomic E-state index is 11.5. The molecule has 64 heavy (non-hydrogen) atoms. The van der Waals surface area contributed by atoms with Crippen molar-refractivity contribution < 1.29 is 19.5 Å². The Bertz CT molecular complexity index is 2350. The zero-order valence-electron chi connectivity index (χ0n) is 35.2. The van der Waals surface area contributed by atoms with Crippen molar-refractivity contribution in [1.29, 1.82) is 0 Å². The number of nitrogens with zero attached hydrogens (tertiary/aromatic N) is 5. The highest BCUT2D eigenvalue weighted by Crippen LogP contribution is 2.34. The summed E-state index contributed by atoms with van der Waals surface area (Å²) in [5.41, 5.74) is 11.2. The number of carboxylic acid groups (broad SMARTS) is 1. The van der Waals surface area contributed by atoms with E-state index in [0.29, 0.717) is 21.6 Å². The number of halogens is 7. The van der Waals surface area contributed by atoms with Crippen molar-refractivity contribution in [3.8, 4) is 0 Å². The van der Waals surface area contributed by atoms with Crippen LogP contribution in [-0.4, -0.2) is 75.3 Å². The molecule has 0 aliphatic carbocycles. The maximum Gasteiger partial charge on any atom is 0.323 e. The Balaban J connectivity index is 0.000000296. The van der Waals surface area contributed by atoms with Crippen molar-refractivity contribution in [2.45, 2.75) is 60.3 Å². The van der Waals surface area contributed by atoms with Gasteiger partial charge in [-0.3, -0.25) is 20.2 Å². The van der Waals surface area contributed by atoms with Crippen molar-refractivity contribution in [3.05, 3.63) is 128 Å². The number of nitrogens with one attached hydrogen (secondary N) is 1. The molecule has 19 heteroatoms. The summed E-state index contributed by atoms with van der Waals surface area (Å²) in [7, 11) is 4.20. The lowest BCUT2D eigenvalue weighted by molar-refractivity contribution is -0.137. The fourth-order valence-electron chi connectivity index (χ4n) is 7.34. The molecule has 6 aromatic rings. The maximum absolute atomic E-state index is 11.5. The predicted octanol–water partition coefficient (Wildman–Crippen LogP) is 11.5. The summed E-state index contributed by atoms with van der Waals surface area (Å²) < 4.78 is 4.08. The number of likely N-dealkylation sites (N-methyl/N-ethyl adjacent to an activating group) is 2. The predicted molar refractivity (Wildman–Crippen MR) is 295 cm³/mol. The monoisotopic (exact) mass is 1290 g/mol. The second kappa shape index (κ2) is 28.0. The van der Waals surface area contributed by atoms with Gasteiger partial charge in [-0.05, 0) is 124 Å². The number of ketones is 2. The lowest BCUT2D eigenvalue weighted by Gasteiger charge is -2.24. The number of aromatic nitrogens is 2. The number of Topliss-reactive ketones (excluding diaryl/α,β-unsaturated/α-hetero) is 2. The first-order chi connectivity index (χ1) is 29.5. The molecule has 0 bridgehead atoms. The molecule has 0 saturated heterocycles. The van der Waals surface area contributed by atoms with E-state index in [0.717, 1.165) is 77.5 Å². The minimum absolute atomic E-state index is 0. The van der Waals surface area contributed by atoms with Crippen LogP contribution in [0.1, 0.15) is 43.8 Å². The number of nitrogen functional groups attached to an aromatic ring is 1.